The van der Waals surface area contributed by atoms with Gasteiger partial charge in [0.25, 0.3) is 5.91 Å². The predicted molar refractivity (Wildman–Crippen MR) is 94.3 cm³/mol. The third-order valence-corrected chi connectivity index (χ3v) is 5.81. The van der Waals surface area contributed by atoms with Gasteiger partial charge < -0.3 is 15.5 Å². The Morgan fingerprint density at radius 3 is 2.88 bits per heavy atom. The normalized spacial score (nSPS) is 28.8. The van der Waals surface area contributed by atoms with Gasteiger partial charge in [-0.15, -0.1) is 0 Å². The largest absolute Gasteiger partial charge is 0.358 e. The average Bonchev–Trinajstić information content (AvgIpc) is 3.07. The highest BCUT2D eigenvalue weighted by atomic mass is 16.2. The van der Waals surface area contributed by atoms with E-state index in [1.807, 2.05) is 18.2 Å². The lowest BCUT2D eigenvalue weighted by Crippen LogP contribution is -2.44. The molecule has 2 aliphatic heterocycles. The molecule has 2 fully saturated rings. The Kier molecular flexibility index (Phi) is 3.94. The molecule has 5 nitrogen and oxygen atoms in total. The van der Waals surface area contributed by atoms with Gasteiger partial charge in [-0.2, -0.15) is 0 Å². The highest BCUT2D eigenvalue weighted by Gasteiger charge is 2.36. The molecule has 2 amide bonds. The minimum absolute atomic E-state index is 0.0330. The first-order valence-electron chi connectivity index (χ1n) is 9.16. The van der Waals surface area contributed by atoms with Gasteiger partial charge in [0.15, 0.2) is 0 Å². The number of fused-ring (bicyclic) bond motifs is 3. The number of nitrogens with zero attached hydrogens (tertiary/aromatic N) is 1. The summed E-state index contributed by atoms with van der Waals surface area (Å²) in [5, 5.41) is 6.16. The van der Waals surface area contributed by atoms with Crippen molar-refractivity contribution in [2.75, 3.05) is 16.8 Å². The van der Waals surface area contributed by atoms with Crippen molar-refractivity contribution in [1.29, 1.82) is 0 Å². The maximum absolute atomic E-state index is 12.6. The molecule has 128 valence electrons. The smallest absolute Gasteiger partial charge is 0.251 e. The fraction of sp³-hybridized carbons (Fsp3) is 0.579. The lowest BCUT2D eigenvalue weighted by Gasteiger charge is -2.33. The molecule has 3 aliphatic rings. The zero-order valence-corrected chi connectivity index (χ0v) is 14.2. The second kappa shape index (κ2) is 6.11. The van der Waals surface area contributed by atoms with E-state index in [2.05, 4.69) is 22.5 Å². The number of hydrogen-bond donors (Lipinski definition) is 2. The van der Waals surface area contributed by atoms with Crippen LogP contribution in [-0.2, 0) is 4.79 Å². The molecule has 2 heterocycles. The fourth-order valence-electron chi connectivity index (χ4n) is 4.35. The Morgan fingerprint density at radius 1 is 1.21 bits per heavy atom. The van der Waals surface area contributed by atoms with E-state index in [1.165, 1.54) is 19.3 Å². The second-order valence-electron chi connectivity index (χ2n) is 7.41. The number of hydrogen-bond acceptors (Lipinski definition) is 3. The average molecular weight is 327 g/mol. The van der Waals surface area contributed by atoms with Crippen molar-refractivity contribution in [3.05, 3.63) is 23.8 Å². The Labute approximate surface area is 142 Å². The molecule has 0 bridgehead atoms. The van der Waals surface area contributed by atoms with Crippen LogP contribution in [-0.4, -0.2) is 30.4 Å². The molecule has 1 aromatic rings. The van der Waals surface area contributed by atoms with Gasteiger partial charge in [0.05, 0.1) is 11.4 Å². The topological polar surface area (TPSA) is 61.4 Å². The maximum atomic E-state index is 12.6. The minimum atomic E-state index is -0.0414. The van der Waals surface area contributed by atoms with E-state index in [1.54, 1.807) is 0 Å². The van der Waals surface area contributed by atoms with E-state index in [4.69, 9.17) is 0 Å². The number of nitrogens with one attached hydrogen (secondary N) is 2. The summed E-state index contributed by atoms with van der Waals surface area (Å²) >= 11 is 0. The van der Waals surface area contributed by atoms with Crippen molar-refractivity contribution in [2.45, 2.75) is 57.5 Å². The Hall–Kier alpha value is -2.04. The van der Waals surface area contributed by atoms with Crippen LogP contribution in [0.4, 0.5) is 11.4 Å². The summed E-state index contributed by atoms with van der Waals surface area (Å²) in [6.07, 6.45) is 6.64. The van der Waals surface area contributed by atoms with E-state index in [0.29, 0.717) is 11.5 Å². The van der Waals surface area contributed by atoms with Crippen LogP contribution < -0.4 is 15.5 Å². The standard InChI is InChI=1S/C19H25N3O2/c1-12-5-2-3-6-14(12)20-18(23)13-8-9-16-15(11-13)21-19(24)17-7-4-10-22(16)17/h8-9,11-12,14,17H,2-7,10H2,1H3,(H,20,23)(H,21,24). The van der Waals surface area contributed by atoms with Gasteiger partial charge in [-0.3, -0.25) is 9.59 Å². The van der Waals surface area contributed by atoms with Crippen molar-refractivity contribution in [1.82, 2.24) is 5.32 Å². The van der Waals surface area contributed by atoms with E-state index in [9.17, 15) is 9.59 Å². The third kappa shape index (κ3) is 2.66. The fourth-order valence-corrected chi connectivity index (χ4v) is 4.35. The van der Waals surface area contributed by atoms with Crippen molar-refractivity contribution in [3.63, 3.8) is 0 Å². The van der Waals surface area contributed by atoms with E-state index < -0.39 is 0 Å². The number of amides is 2. The second-order valence-corrected chi connectivity index (χ2v) is 7.41. The van der Waals surface area contributed by atoms with Crippen LogP contribution in [0.2, 0.25) is 0 Å². The highest BCUT2D eigenvalue weighted by molar-refractivity contribution is 6.06. The number of carbonyl (C=O) groups excluding carboxylic acids is 2. The molecule has 1 saturated carbocycles. The van der Waals surface area contributed by atoms with Crippen LogP contribution in [0.15, 0.2) is 18.2 Å². The molecular formula is C19H25N3O2. The SMILES string of the molecule is CC1CCCCC1NC(=O)c1ccc2c(c1)NC(=O)C1CCCN21. The van der Waals surface area contributed by atoms with Gasteiger partial charge in [-0.25, -0.2) is 0 Å². The lowest BCUT2D eigenvalue weighted by molar-refractivity contribution is -0.117. The molecule has 5 heteroatoms. The van der Waals surface area contributed by atoms with E-state index in [-0.39, 0.29) is 23.9 Å². The first-order valence-corrected chi connectivity index (χ1v) is 9.16. The molecule has 3 unspecified atom stereocenters. The van der Waals surface area contributed by atoms with Crippen molar-refractivity contribution >= 4 is 23.2 Å². The Bertz CT molecular complexity index is 673. The lowest BCUT2D eigenvalue weighted by atomic mass is 9.86. The number of carbonyl (C=O) groups is 2. The molecule has 1 aliphatic carbocycles. The van der Waals surface area contributed by atoms with Gasteiger partial charge in [-0.1, -0.05) is 19.8 Å². The molecular weight excluding hydrogens is 302 g/mol. The first kappa shape index (κ1) is 15.5. The third-order valence-electron chi connectivity index (χ3n) is 5.81. The van der Waals surface area contributed by atoms with Gasteiger partial charge in [0.1, 0.15) is 6.04 Å². The van der Waals surface area contributed by atoms with Gasteiger partial charge in [0, 0.05) is 18.2 Å². The summed E-state index contributed by atoms with van der Waals surface area (Å²) < 4.78 is 0. The van der Waals surface area contributed by atoms with Crippen LogP contribution in [0.1, 0.15) is 55.8 Å². The summed E-state index contributed by atoms with van der Waals surface area (Å²) in [4.78, 5) is 27.0. The van der Waals surface area contributed by atoms with Crippen LogP contribution in [0, 0.1) is 5.92 Å². The van der Waals surface area contributed by atoms with E-state index >= 15 is 0 Å². The Balaban J connectivity index is 1.54. The quantitative estimate of drug-likeness (QED) is 0.878. The number of rotatable bonds is 2. The molecule has 1 aromatic carbocycles. The molecule has 4 rings (SSSR count). The van der Waals surface area contributed by atoms with Crippen molar-refractivity contribution in [2.24, 2.45) is 5.92 Å². The summed E-state index contributed by atoms with van der Waals surface area (Å²) in [5.74, 6) is 0.554. The zero-order chi connectivity index (χ0) is 16.7. The van der Waals surface area contributed by atoms with E-state index in [0.717, 1.165) is 37.2 Å². The maximum Gasteiger partial charge on any atom is 0.251 e. The summed E-state index contributed by atoms with van der Waals surface area (Å²) in [5.41, 5.74) is 2.44. The Morgan fingerprint density at radius 2 is 2.04 bits per heavy atom. The molecule has 3 atom stereocenters. The predicted octanol–water partition coefficient (Wildman–Crippen LogP) is 2.92. The van der Waals surface area contributed by atoms with Gasteiger partial charge in [0.2, 0.25) is 5.91 Å². The van der Waals surface area contributed by atoms with Crippen molar-refractivity contribution in [3.8, 4) is 0 Å². The first-order chi connectivity index (χ1) is 11.6. The molecule has 0 aromatic heterocycles. The summed E-state index contributed by atoms with van der Waals surface area (Å²) in [6, 6.07) is 5.91. The van der Waals surface area contributed by atoms with Gasteiger partial charge >= 0.3 is 0 Å². The zero-order valence-electron chi connectivity index (χ0n) is 14.2. The highest BCUT2D eigenvalue weighted by Crippen LogP contribution is 2.37. The molecule has 1 saturated heterocycles. The van der Waals surface area contributed by atoms with Crippen LogP contribution >= 0.6 is 0 Å². The number of benzene rings is 1. The minimum Gasteiger partial charge on any atom is -0.358 e. The van der Waals surface area contributed by atoms with Crippen LogP contribution in [0.5, 0.6) is 0 Å². The molecule has 2 N–H and O–H groups in total. The summed E-state index contributed by atoms with van der Waals surface area (Å²) in [6.45, 7) is 3.13. The van der Waals surface area contributed by atoms with Crippen molar-refractivity contribution < 1.29 is 9.59 Å². The molecule has 24 heavy (non-hydrogen) atoms. The van der Waals surface area contributed by atoms with Crippen LogP contribution in [0.25, 0.3) is 0 Å². The monoisotopic (exact) mass is 327 g/mol. The number of anilines is 2. The molecule has 0 spiro atoms. The van der Waals surface area contributed by atoms with Gasteiger partial charge in [-0.05, 0) is 49.8 Å². The molecule has 0 radical (unpaired) electrons. The van der Waals surface area contributed by atoms with Crippen LogP contribution in [0.3, 0.4) is 0 Å². The summed E-state index contributed by atoms with van der Waals surface area (Å²) in [7, 11) is 0.